The highest BCUT2D eigenvalue weighted by Gasteiger charge is 2.22. The van der Waals surface area contributed by atoms with Gasteiger partial charge in [0.1, 0.15) is 12.4 Å². The predicted octanol–water partition coefficient (Wildman–Crippen LogP) is 11.4. The summed E-state index contributed by atoms with van der Waals surface area (Å²) in [5, 5.41) is 0. The van der Waals surface area contributed by atoms with E-state index in [0.717, 1.165) is 61.4 Å². The Morgan fingerprint density at radius 2 is 0.760 bits per heavy atom. The number of benzene rings is 7. The van der Waals surface area contributed by atoms with Crippen LogP contribution in [0.4, 0.5) is 0 Å². The second-order valence-electron chi connectivity index (χ2n) is 12.3. The topological polar surface area (TPSA) is 47.9 Å². The summed E-state index contributed by atoms with van der Waals surface area (Å²) in [6.45, 7) is 0.580. The van der Waals surface area contributed by atoms with Gasteiger partial charge < -0.3 is 4.74 Å². The van der Waals surface area contributed by atoms with Gasteiger partial charge in [0, 0.05) is 22.3 Å². The summed E-state index contributed by atoms with van der Waals surface area (Å²) in [6, 6.07) is 60.7. The minimum absolute atomic E-state index is 0.580. The summed E-state index contributed by atoms with van der Waals surface area (Å²) in [6.07, 6.45) is 0. The second-order valence-corrected chi connectivity index (χ2v) is 12.3. The van der Waals surface area contributed by atoms with Gasteiger partial charge in [-0.1, -0.05) is 170 Å². The number of fused-ring (bicyclic) bond motifs is 3. The second kappa shape index (κ2) is 12.8. The molecular formula is C46H31N3O. The van der Waals surface area contributed by atoms with Crippen LogP contribution >= 0.6 is 0 Å². The molecule has 1 aliphatic heterocycles. The average molecular weight is 642 g/mol. The lowest BCUT2D eigenvalue weighted by Gasteiger charge is -2.23. The Balaban J connectivity index is 1.20. The molecule has 0 spiro atoms. The third-order valence-electron chi connectivity index (χ3n) is 9.29. The van der Waals surface area contributed by atoms with E-state index in [0.29, 0.717) is 24.1 Å². The summed E-state index contributed by atoms with van der Waals surface area (Å²) in [5.74, 6) is 2.78. The van der Waals surface area contributed by atoms with Crippen molar-refractivity contribution in [1.29, 1.82) is 0 Å². The summed E-state index contributed by atoms with van der Waals surface area (Å²) in [5.41, 5.74) is 12.9. The lowest BCUT2D eigenvalue weighted by molar-refractivity contribution is 0.302. The van der Waals surface area contributed by atoms with Crippen LogP contribution in [-0.4, -0.2) is 15.0 Å². The van der Waals surface area contributed by atoms with E-state index in [4.69, 9.17) is 19.7 Å². The van der Waals surface area contributed by atoms with Crippen LogP contribution in [0.1, 0.15) is 5.56 Å². The van der Waals surface area contributed by atoms with E-state index in [1.807, 2.05) is 24.3 Å². The van der Waals surface area contributed by atoms with Crippen LogP contribution < -0.4 is 4.74 Å². The van der Waals surface area contributed by atoms with Crippen molar-refractivity contribution < 1.29 is 4.74 Å². The maximum atomic E-state index is 6.17. The summed E-state index contributed by atoms with van der Waals surface area (Å²) >= 11 is 0. The van der Waals surface area contributed by atoms with Crippen molar-refractivity contribution >= 4 is 0 Å². The van der Waals surface area contributed by atoms with Gasteiger partial charge in [0.15, 0.2) is 17.5 Å². The third kappa shape index (κ3) is 5.43. The van der Waals surface area contributed by atoms with Crippen LogP contribution in [-0.2, 0) is 6.61 Å². The molecule has 0 saturated heterocycles. The van der Waals surface area contributed by atoms with Crippen molar-refractivity contribution in [1.82, 2.24) is 15.0 Å². The molecule has 4 heteroatoms. The van der Waals surface area contributed by atoms with Gasteiger partial charge in [-0.15, -0.1) is 0 Å². The van der Waals surface area contributed by atoms with Gasteiger partial charge >= 0.3 is 0 Å². The summed E-state index contributed by atoms with van der Waals surface area (Å²) < 4.78 is 6.17. The Kier molecular flexibility index (Phi) is 7.52. The molecule has 9 rings (SSSR count). The maximum Gasteiger partial charge on any atom is 0.164 e. The standard InChI is InChI=1S/C46H31N3O/c1-3-14-31(15-4-1)36-19-9-11-22-40(36)45-47-44(48-46(49-45)41-23-12-10-20-37(41)32-16-5-2-6-17-32)34-28-26-33(27-29-34)38-24-13-25-42-43(38)39-21-8-7-18-35(39)30-50-42/h1-29H,30H2. The Morgan fingerprint density at radius 3 is 1.36 bits per heavy atom. The Morgan fingerprint density at radius 1 is 0.320 bits per heavy atom. The first-order valence-electron chi connectivity index (χ1n) is 16.8. The van der Waals surface area contributed by atoms with Crippen LogP contribution in [0.2, 0.25) is 0 Å². The zero-order chi connectivity index (χ0) is 33.3. The average Bonchev–Trinajstić information content (AvgIpc) is 3.21. The van der Waals surface area contributed by atoms with E-state index in [1.165, 1.54) is 11.1 Å². The fraction of sp³-hybridized carbons (Fsp3) is 0.0217. The third-order valence-corrected chi connectivity index (χ3v) is 9.29. The Hall–Kier alpha value is -6.65. The predicted molar refractivity (Wildman–Crippen MR) is 202 cm³/mol. The molecule has 0 unspecified atom stereocenters. The molecule has 4 nitrogen and oxygen atoms in total. The van der Waals surface area contributed by atoms with Gasteiger partial charge in [0.25, 0.3) is 0 Å². The number of nitrogens with zero attached hydrogens (tertiary/aromatic N) is 3. The van der Waals surface area contributed by atoms with Crippen molar-refractivity contribution in [3.05, 3.63) is 181 Å². The molecular weight excluding hydrogens is 611 g/mol. The molecule has 1 aliphatic rings. The highest BCUT2D eigenvalue weighted by molar-refractivity contribution is 5.90. The van der Waals surface area contributed by atoms with E-state index in [9.17, 15) is 0 Å². The Labute approximate surface area is 291 Å². The minimum Gasteiger partial charge on any atom is -0.488 e. The molecule has 0 radical (unpaired) electrons. The van der Waals surface area contributed by atoms with E-state index in [1.54, 1.807) is 0 Å². The van der Waals surface area contributed by atoms with Crippen molar-refractivity contribution in [2.75, 3.05) is 0 Å². The summed E-state index contributed by atoms with van der Waals surface area (Å²) in [4.78, 5) is 15.5. The molecule has 0 aliphatic carbocycles. The fourth-order valence-electron chi connectivity index (χ4n) is 6.86. The molecule has 236 valence electrons. The molecule has 50 heavy (non-hydrogen) atoms. The molecule has 0 N–H and O–H groups in total. The van der Waals surface area contributed by atoms with Crippen LogP contribution in [0.15, 0.2) is 176 Å². The number of rotatable bonds is 6. The minimum atomic E-state index is 0.580. The molecule has 7 aromatic carbocycles. The monoisotopic (exact) mass is 641 g/mol. The maximum absolute atomic E-state index is 6.17. The van der Waals surface area contributed by atoms with Gasteiger partial charge in [-0.2, -0.15) is 0 Å². The lowest BCUT2D eigenvalue weighted by Crippen LogP contribution is -2.06. The van der Waals surface area contributed by atoms with Gasteiger partial charge in [-0.3, -0.25) is 0 Å². The zero-order valence-electron chi connectivity index (χ0n) is 27.2. The van der Waals surface area contributed by atoms with Gasteiger partial charge in [0.05, 0.1) is 0 Å². The van der Waals surface area contributed by atoms with Crippen molar-refractivity contribution in [2.45, 2.75) is 6.61 Å². The smallest absolute Gasteiger partial charge is 0.164 e. The van der Waals surface area contributed by atoms with Crippen LogP contribution in [0.5, 0.6) is 5.75 Å². The SMILES string of the molecule is c1ccc(-c2ccccc2-c2nc(-c3ccc(-c4cccc5c4-c4ccccc4CO5)cc3)nc(-c3ccccc3-c3ccccc3)n2)cc1. The fourth-order valence-corrected chi connectivity index (χ4v) is 6.86. The largest absolute Gasteiger partial charge is 0.488 e. The first kappa shape index (κ1) is 29.5. The van der Waals surface area contributed by atoms with Gasteiger partial charge in [-0.05, 0) is 50.6 Å². The van der Waals surface area contributed by atoms with Crippen LogP contribution in [0.3, 0.4) is 0 Å². The number of ether oxygens (including phenoxy) is 1. The first-order chi connectivity index (χ1) is 24.8. The molecule has 0 saturated carbocycles. The molecule has 0 atom stereocenters. The molecule has 1 aromatic heterocycles. The normalized spacial score (nSPS) is 11.7. The van der Waals surface area contributed by atoms with E-state index < -0.39 is 0 Å². The van der Waals surface area contributed by atoms with Crippen molar-refractivity contribution in [3.8, 4) is 84.4 Å². The molecule has 0 amide bonds. The highest BCUT2D eigenvalue weighted by Crippen LogP contribution is 2.44. The molecule has 0 bridgehead atoms. The van der Waals surface area contributed by atoms with E-state index >= 15 is 0 Å². The van der Waals surface area contributed by atoms with Gasteiger partial charge in [-0.25, -0.2) is 15.0 Å². The quantitative estimate of drug-likeness (QED) is 0.181. The van der Waals surface area contributed by atoms with E-state index in [2.05, 4.69) is 152 Å². The van der Waals surface area contributed by atoms with Gasteiger partial charge in [0.2, 0.25) is 0 Å². The number of aromatic nitrogens is 3. The Bertz CT molecular complexity index is 2370. The van der Waals surface area contributed by atoms with E-state index in [-0.39, 0.29) is 0 Å². The van der Waals surface area contributed by atoms with Crippen molar-refractivity contribution in [2.24, 2.45) is 0 Å². The number of hydrogen-bond donors (Lipinski definition) is 0. The zero-order valence-corrected chi connectivity index (χ0v) is 27.2. The summed E-state index contributed by atoms with van der Waals surface area (Å²) in [7, 11) is 0. The van der Waals surface area contributed by atoms with Crippen molar-refractivity contribution in [3.63, 3.8) is 0 Å². The molecule has 8 aromatic rings. The van der Waals surface area contributed by atoms with Crippen LogP contribution in [0.25, 0.3) is 78.7 Å². The first-order valence-corrected chi connectivity index (χ1v) is 16.8. The molecule has 2 heterocycles. The van der Waals surface area contributed by atoms with Crippen LogP contribution in [0, 0.1) is 0 Å². The lowest BCUT2D eigenvalue weighted by atomic mass is 9.89. The molecule has 0 fully saturated rings. The number of hydrogen-bond acceptors (Lipinski definition) is 4. The highest BCUT2D eigenvalue weighted by atomic mass is 16.5.